The fourth-order valence-electron chi connectivity index (χ4n) is 3.12. The molecule has 0 saturated carbocycles. The molecule has 0 spiro atoms. The number of aliphatic imine (C=N–C) groups is 2. The van der Waals surface area contributed by atoms with Gasteiger partial charge in [0.1, 0.15) is 0 Å². The predicted molar refractivity (Wildman–Crippen MR) is 77.4 cm³/mol. The molecule has 0 amide bonds. The summed E-state index contributed by atoms with van der Waals surface area (Å²) in [4.78, 5) is 29.2. The summed E-state index contributed by atoms with van der Waals surface area (Å²) in [6.07, 6.45) is 5.15. The Balaban J connectivity index is 2.90. The number of aryl methyl sites for hydroxylation is 1. The van der Waals surface area contributed by atoms with Gasteiger partial charge in [-0.25, -0.2) is 9.59 Å². The molecule has 1 aliphatic carbocycles. The van der Waals surface area contributed by atoms with Gasteiger partial charge >= 0.3 is 0 Å². The molecule has 1 aromatic carbocycles. The van der Waals surface area contributed by atoms with Crippen molar-refractivity contribution < 1.29 is 9.59 Å². The van der Waals surface area contributed by atoms with E-state index in [1.165, 1.54) is 0 Å². The van der Waals surface area contributed by atoms with E-state index in [0.29, 0.717) is 11.4 Å². The van der Waals surface area contributed by atoms with Crippen LogP contribution in [-0.4, -0.2) is 12.2 Å². The van der Waals surface area contributed by atoms with E-state index >= 15 is 0 Å². The Bertz CT molecular complexity index is 647. The van der Waals surface area contributed by atoms with Crippen molar-refractivity contribution in [1.29, 1.82) is 0 Å². The average molecular weight is 270 g/mol. The van der Waals surface area contributed by atoms with Crippen LogP contribution >= 0.6 is 0 Å². The monoisotopic (exact) mass is 270 g/mol. The van der Waals surface area contributed by atoms with E-state index in [4.69, 9.17) is 0 Å². The van der Waals surface area contributed by atoms with Crippen LogP contribution in [0.5, 0.6) is 0 Å². The normalized spacial score (nSPS) is 15.4. The number of benzene rings is 1. The van der Waals surface area contributed by atoms with Crippen molar-refractivity contribution in [2.24, 2.45) is 9.98 Å². The summed E-state index contributed by atoms with van der Waals surface area (Å²) in [6, 6.07) is 1.94. The highest BCUT2D eigenvalue weighted by atomic mass is 16.1. The lowest BCUT2D eigenvalue weighted by Crippen LogP contribution is -2.13. The van der Waals surface area contributed by atoms with Gasteiger partial charge in [0, 0.05) is 5.56 Å². The summed E-state index contributed by atoms with van der Waals surface area (Å²) in [7, 11) is 0. The van der Waals surface area contributed by atoms with Gasteiger partial charge in [0.05, 0.1) is 11.4 Å². The third-order valence-corrected chi connectivity index (χ3v) is 4.00. The maximum absolute atomic E-state index is 10.8. The lowest BCUT2D eigenvalue weighted by molar-refractivity contribution is 0.522. The van der Waals surface area contributed by atoms with Gasteiger partial charge in [-0.3, -0.25) is 0 Å². The van der Waals surface area contributed by atoms with Gasteiger partial charge in [-0.2, -0.15) is 9.98 Å². The molecule has 2 rings (SSSR count). The first-order valence-corrected chi connectivity index (χ1v) is 6.78. The van der Waals surface area contributed by atoms with Crippen LogP contribution < -0.4 is 0 Å². The van der Waals surface area contributed by atoms with Crippen LogP contribution in [0.3, 0.4) is 0 Å². The first-order valence-electron chi connectivity index (χ1n) is 6.78. The molecule has 0 radical (unpaired) electrons. The minimum atomic E-state index is -0.0297. The number of isocyanates is 2. The molecule has 0 aromatic heterocycles. The molecule has 4 nitrogen and oxygen atoms in total. The largest absolute Gasteiger partial charge is 0.240 e. The van der Waals surface area contributed by atoms with Crippen molar-refractivity contribution >= 4 is 23.5 Å². The molecule has 4 heteroatoms. The highest BCUT2D eigenvalue weighted by molar-refractivity contribution is 5.74. The fraction of sp³-hybridized carbons (Fsp3) is 0.500. The Morgan fingerprint density at radius 1 is 1.20 bits per heavy atom. The molecule has 0 bridgehead atoms. The van der Waals surface area contributed by atoms with Gasteiger partial charge in [0.15, 0.2) is 0 Å². The molecule has 0 N–H and O–H groups in total. The van der Waals surface area contributed by atoms with Crippen LogP contribution in [0, 0.1) is 0 Å². The Morgan fingerprint density at radius 3 is 2.40 bits per heavy atom. The molecule has 20 heavy (non-hydrogen) atoms. The van der Waals surface area contributed by atoms with E-state index in [9.17, 15) is 9.59 Å². The standard InChI is InChI=1S/C16H18N2O2/c1-10(2)13-12(17-8-19)7-11-5-6-16(3,4)14(11)15(13)18-9-20/h7,10H,5-6H2,1-4H3. The van der Waals surface area contributed by atoms with E-state index in [1.807, 2.05) is 19.9 Å². The summed E-state index contributed by atoms with van der Waals surface area (Å²) >= 11 is 0. The first kappa shape index (κ1) is 14.4. The van der Waals surface area contributed by atoms with E-state index in [-0.39, 0.29) is 11.3 Å². The number of fused-ring (bicyclic) bond motifs is 1. The zero-order valence-corrected chi connectivity index (χ0v) is 12.3. The quantitative estimate of drug-likeness (QED) is 0.616. The third kappa shape index (κ3) is 2.24. The van der Waals surface area contributed by atoms with Crippen LogP contribution in [0.15, 0.2) is 16.1 Å². The van der Waals surface area contributed by atoms with Gasteiger partial charge in [-0.1, -0.05) is 27.7 Å². The summed E-state index contributed by atoms with van der Waals surface area (Å²) < 4.78 is 0. The zero-order valence-electron chi connectivity index (χ0n) is 12.3. The van der Waals surface area contributed by atoms with Gasteiger partial charge in [0.2, 0.25) is 12.2 Å². The molecule has 0 aliphatic heterocycles. The Kier molecular flexibility index (Phi) is 3.71. The second kappa shape index (κ2) is 5.16. The lowest BCUT2D eigenvalue weighted by Gasteiger charge is -2.23. The molecule has 0 saturated heterocycles. The number of nitrogens with zero attached hydrogens (tertiary/aromatic N) is 2. The average Bonchev–Trinajstić information content (AvgIpc) is 2.65. The molecule has 0 heterocycles. The topological polar surface area (TPSA) is 58.9 Å². The van der Waals surface area contributed by atoms with Crippen molar-refractivity contribution in [1.82, 2.24) is 0 Å². The number of hydrogen-bond donors (Lipinski definition) is 0. The maximum Gasteiger partial charge on any atom is 0.240 e. The lowest BCUT2D eigenvalue weighted by atomic mass is 9.82. The second-order valence-electron chi connectivity index (χ2n) is 6.14. The minimum absolute atomic E-state index is 0.0297. The molecule has 0 unspecified atom stereocenters. The maximum atomic E-state index is 10.8. The van der Waals surface area contributed by atoms with Crippen LogP contribution in [0.1, 0.15) is 56.7 Å². The SMILES string of the molecule is CC(C)c1c(N=C=O)cc2c(c1N=C=O)C(C)(C)CC2. The van der Waals surface area contributed by atoms with Crippen LogP contribution in [0.2, 0.25) is 0 Å². The number of rotatable bonds is 3. The van der Waals surface area contributed by atoms with Crippen molar-refractivity contribution in [3.8, 4) is 0 Å². The smallest absolute Gasteiger partial charge is 0.211 e. The third-order valence-electron chi connectivity index (χ3n) is 4.00. The molecule has 1 aromatic rings. The highest BCUT2D eigenvalue weighted by Gasteiger charge is 2.35. The van der Waals surface area contributed by atoms with Crippen LogP contribution in [-0.2, 0) is 21.4 Å². The van der Waals surface area contributed by atoms with Crippen molar-refractivity contribution in [3.05, 3.63) is 22.8 Å². The highest BCUT2D eigenvalue weighted by Crippen LogP contribution is 2.49. The molecular weight excluding hydrogens is 252 g/mol. The molecular formula is C16H18N2O2. The molecule has 1 aliphatic rings. The Labute approximate surface area is 118 Å². The number of hydrogen-bond acceptors (Lipinski definition) is 4. The predicted octanol–water partition coefficient (Wildman–Crippen LogP) is 3.97. The van der Waals surface area contributed by atoms with E-state index in [0.717, 1.165) is 29.5 Å². The Hall–Kier alpha value is -2.02. The summed E-state index contributed by atoms with van der Waals surface area (Å²) in [5.41, 5.74) is 4.21. The van der Waals surface area contributed by atoms with E-state index in [1.54, 1.807) is 12.2 Å². The van der Waals surface area contributed by atoms with Gasteiger partial charge < -0.3 is 0 Å². The van der Waals surface area contributed by atoms with E-state index in [2.05, 4.69) is 23.8 Å². The zero-order chi connectivity index (χ0) is 14.9. The summed E-state index contributed by atoms with van der Waals surface area (Å²) in [6.45, 7) is 8.29. The first-order chi connectivity index (χ1) is 9.42. The summed E-state index contributed by atoms with van der Waals surface area (Å²) in [5.74, 6) is 0.107. The molecule has 0 atom stereocenters. The molecule has 0 fully saturated rings. The van der Waals surface area contributed by atoms with Crippen molar-refractivity contribution in [2.45, 2.75) is 51.9 Å². The Morgan fingerprint density at radius 2 is 1.85 bits per heavy atom. The summed E-state index contributed by atoms with van der Waals surface area (Å²) in [5, 5.41) is 0. The van der Waals surface area contributed by atoms with Crippen LogP contribution in [0.25, 0.3) is 0 Å². The van der Waals surface area contributed by atoms with Gasteiger partial charge in [0.25, 0.3) is 0 Å². The number of carbonyl (C=O) groups excluding carboxylic acids is 2. The van der Waals surface area contributed by atoms with Gasteiger partial charge in [-0.05, 0) is 41.4 Å². The minimum Gasteiger partial charge on any atom is -0.211 e. The van der Waals surface area contributed by atoms with Gasteiger partial charge in [-0.15, -0.1) is 0 Å². The van der Waals surface area contributed by atoms with Crippen molar-refractivity contribution in [3.63, 3.8) is 0 Å². The van der Waals surface area contributed by atoms with E-state index < -0.39 is 0 Å². The second-order valence-corrected chi connectivity index (χ2v) is 6.14. The van der Waals surface area contributed by atoms with Crippen molar-refractivity contribution in [2.75, 3.05) is 0 Å². The fourth-order valence-corrected chi connectivity index (χ4v) is 3.12. The molecule has 104 valence electrons. The van der Waals surface area contributed by atoms with Crippen LogP contribution in [0.4, 0.5) is 11.4 Å².